The van der Waals surface area contributed by atoms with Gasteiger partial charge in [0, 0.05) is 38.3 Å². The first-order valence-electron chi connectivity index (χ1n) is 24.7. The number of amides is 5. The summed E-state index contributed by atoms with van der Waals surface area (Å²) >= 11 is 0. The first-order chi connectivity index (χ1) is 33.0. The van der Waals surface area contributed by atoms with E-state index in [0.717, 1.165) is 10.5 Å². The third-order valence-corrected chi connectivity index (χ3v) is 11.9. The van der Waals surface area contributed by atoms with Gasteiger partial charge in [0.1, 0.15) is 22.8 Å². The first kappa shape index (κ1) is 59.3. The van der Waals surface area contributed by atoms with E-state index in [2.05, 4.69) is 21.3 Å². The number of nitrogens with zero attached hydrogens (tertiary/aromatic N) is 2. The number of hydrogen-bond acceptors (Lipinski definition) is 11. The second-order valence-corrected chi connectivity index (χ2v) is 21.8. The van der Waals surface area contributed by atoms with E-state index in [1.165, 1.54) is 4.90 Å². The van der Waals surface area contributed by atoms with Crippen molar-refractivity contribution in [1.29, 1.82) is 0 Å². The number of ether oxygens (including phenoxy) is 2. The van der Waals surface area contributed by atoms with Gasteiger partial charge in [-0.05, 0) is 131 Å². The number of rotatable bonds is 24. The van der Waals surface area contributed by atoms with Gasteiger partial charge in [-0.25, -0.2) is 19.2 Å². The quantitative estimate of drug-likeness (QED) is 0.0470. The fourth-order valence-corrected chi connectivity index (χ4v) is 8.82. The third kappa shape index (κ3) is 19.2. The highest BCUT2D eigenvalue weighted by Gasteiger charge is 2.53. The van der Waals surface area contributed by atoms with E-state index in [9.17, 15) is 39.0 Å². The fourth-order valence-electron chi connectivity index (χ4n) is 8.82. The molecule has 1 heterocycles. The lowest BCUT2D eigenvalue weighted by Gasteiger charge is -2.50. The smallest absolute Gasteiger partial charge is 0.408 e. The molecule has 3 rings (SSSR count). The van der Waals surface area contributed by atoms with E-state index in [-0.39, 0.29) is 77.2 Å². The highest BCUT2D eigenvalue weighted by Crippen LogP contribution is 2.36. The topological polar surface area (TPSA) is 250 Å². The molecule has 0 bridgehead atoms. The zero-order valence-corrected chi connectivity index (χ0v) is 43.7. The number of aliphatic carboxylic acids is 1. The Balaban J connectivity index is 2.00. The number of hydrogen-bond donors (Lipinski definition) is 6. The minimum atomic E-state index is -1.83. The number of Topliss-reactive ketones (excluding diaryl/α,β-unsaturated/α-hetero) is 2. The molecule has 18 nitrogen and oxygen atoms in total. The van der Waals surface area contributed by atoms with Crippen molar-refractivity contribution in [3.05, 3.63) is 71.8 Å². The summed E-state index contributed by atoms with van der Waals surface area (Å²) in [5, 5.41) is 32.2. The first-order valence-corrected chi connectivity index (χ1v) is 24.7. The number of carboxylic acids is 1. The highest BCUT2D eigenvalue weighted by atomic mass is 16.6. The lowest BCUT2D eigenvalue weighted by molar-refractivity contribution is -0.160. The minimum Gasteiger partial charge on any atom is -0.479 e. The van der Waals surface area contributed by atoms with Crippen molar-refractivity contribution in [2.75, 3.05) is 32.7 Å². The van der Waals surface area contributed by atoms with Gasteiger partial charge in [-0.15, -0.1) is 0 Å². The fraction of sp³-hybridized carbons (Fsp3) is 0.623. The molecule has 0 aromatic heterocycles. The van der Waals surface area contributed by atoms with Crippen molar-refractivity contribution in [2.24, 2.45) is 17.8 Å². The van der Waals surface area contributed by atoms with Crippen molar-refractivity contribution in [3.63, 3.8) is 0 Å². The van der Waals surface area contributed by atoms with Gasteiger partial charge in [0.2, 0.25) is 11.8 Å². The Morgan fingerprint density at radius 1 is 0.662 bits per heavy atom. The number of nitrogens with one attached hydrogen (secondary N) is 4. The maximum atomic E-state index is 15.2. The maximum Gasteiger partial charge on any atom is 0.408 e. The zero-order valence-electron chi connectivity index (χ0n) is 43.7. The van der Waals surface area contributed by atoms with Gasteiger partial charge >= 0.3 is 24.2 Å². The SMILES string of the molecule is CC(C)C[C@@H](C(=O)N[C@H](CCCCNC(=O)OC(C)(C)C)C(=O)N1CCC(C(=O)O)(N(C(=O)O)C(C)(C)C)CC1)C(=O)[C@@H](Cc1ccccc1)C(=O)[C@@H](Cc1ccccc1)NCCNC(=O)OC(C)(C)C. The number of ketones is 2. The molecule has 4 atom stereocenters. The van der Waals surface area contributed by atoms with E-state index in [0.29, 0.717) is 18.4 Å². The van der Waals surface area contributed by atoms with Crippen molar-refractivity contribution < 1.29 is 58.0 Å². The summed E-state index contributed by atoms with van der Waals surface area (Å²) in [6, 6.07) is 16.1. The molecule has 2 aromatic carbocycles. The van der Waals surface area contributed by atoms with Crippen LogP contribution in [0.1, 0.15) is 126 Å². The number of carbonyl (C=O) groups is 8. The van der Waals surface area contributed by atoms with Crippen LogP contribution in [0.4, 0.5) is 14.4 Å². The van der Waals surface area contributed by atoms with Crippen LogP contribution in [0.5, 0.6) is 0 Å². The minimum absolute atomic E-state index is 0.0163. The molecule has 0 spiro atoms. The number of alkyl carbamates (subject to hydrolysis) is 2. The molecule has 6 N–H and O–H groups in total. The molecule has 0 saturated carbocycles. The van der Waals surface area contributed by atoms with Gasteiger partial charge in [-0.2, -0.15) is 0 Å². The van der Waals surface area contributed by atoms with Crippen LogP contribution < -0.4 is 21.3 Å². The third-order valence-electron chi connectivity index (χ3n) is 11.9. The molecule has 394 valence electrons. The summed E-state index contributed by atoms with van der Waals surface area (Å²) in [6.45, 7) is 19.1. The standard InChI is InChI=1S/C53H80N6O12/c1-35(2)32-39(42(60)38(33-36-20-14-12-15-21-36)43(61)41(34-37-22-16-13-17-23-37)54-28-29-56-48(67)71-52(9,10)11)44(62)57-40(24-18-19-27-55-47(66)70-51(6,7)8)45(63)58-30-25-53(26-31-58,46(64)65)59(49(68)69)50(3,4)5/h12-17,20-23,35,38-41,54H,18-19,24-34H2,1-11H3,(H,55,66)(H,56,67)(H,57,62)(H,64,65)(H,68,69)/t38-,39-,40-,41-/m1/s1. The number of carbonyl (C=O) groups excluding carboxylic acids is 6. The summed E-state index contributed by atoms with van der Waals surface area (Å²) < 4.78 is 10.7. The van der Waals surface area contributed by atoms with Gasteiger partial charge < -0.3 is 45.9 Å². The molecule has 1 aliphatic rings. The molecule has 5 amide bonds. The van der Waals surface area contributed by atoms with Crippen LogP contribution in [0.2, 0.25) is 0 Å². The molecule has 1 aliphatic heterocycles. The van der Waals surface area contributed by atoms with Crippen molar-refractivity contribution >= 4 is 47.6 Å². The summed E-state index contributed by atoms with van der Waals surface area (Å²) in [6.07, 6.45) is -2.09. The van der Waals surface area contributed by atoms with E-state index in [4.69, 9.17) is 9.47 Å². The molecule has 2 aromatic rings. The second kappa shape index (κ2) is 26.4. The number of carboxylic acid groups (broad SMARTS) is 2. The van der Waals surface area contributed by atoms with Crippen LogP contribution >= 0.6 is 0 Å². The van der Waals surface area contributed by atoms with E-state index >= 15 is 9.59 Å². The Hall–Kier alpha value is -6.04. The van der Waals surface area contributed by atoms with Gasteiger partial charge in [-0.1, -0.05) is 74.5 Å². The average molecular weight is 993 g/mol. The van der Waals surface area contributed by atoms with E-state index < -0.39 is 93.8 Å². The van der Waals surface area contributed by atoms with E-state index in [1.807, 2.05) is 50.2 Å². The molecule has 71 heavy (non-hydrogen) atoms. The Labute approximate surface area is 419 Å². The summed E-state index contributed by atoms with van der Waals surface area (Å²) in [7, 11) is 0. The van der Waals surface area contributed by atoms with Crippen LogP contribution in [0.3, 0.4) is 0 Å². The predicted molar refractivity (Wildman–Crippen MR) is 269 cm³/mol. The number of piperidine rings is 1. The van der Waals surface area contributed by atoms with Gasteiger partial charge in [0.25, 0.3) is 0 Å². The summed E-state index contributed by atoms with van der Waals surface area (Å²) in [5.41, 5.74) is -2.85. The molecular weight excluding hydrogens is 913 g/mol. The largest absolute Gasteiger partial charge is 0.479 e. The Morgan fingerprint density at radius 3 is 1.63 bits per heavy atom. The molecule has 0 aliphatic carbocycles. The molecule has 18 heteroatoms. The van der Waals surface area contributed by atoms with Crippen LogP contribution in [0.25, 0.3) is 0 Å². The zero-order chi connectivity index (χ0) is 53.3. The van der Waals surface area contributed by atoms with Gasteiger partial charge in [0.05, 0.1) is 17.9 Å². The molecular formula is C53H80N6O12. The normalized spacial score (nSPS) is 15.6. The number of unbranched alkanes of at least 4 members (excludes halogenated alkanes) is 1. The van der Waals surface area contributed by atoms with Crippen molar-refractivity contribution in [2.45, 2.75) is 162 Å². The Kier molecular flexibility index (Phi) is 22.1. The predicted octanol–water partition coefficient (Wildman–Crippen LogP) is 6.78. The molecule has 0 radical (unpaired) electrons. The average Bonchev–Trinajstić information content (AvgIpc) is 3.26. The van der Waals surface area contributed by atoms with Crippen LogP contribution in [0, 0.1) is 17.8 Å². The van der Waals surface area contributed by atoms with E-state index in [1.54, 1.807) is 86.6 Å². The monoisotopic (exact) mass is 993 g/mol. The van der Waals surface area contributed by atoms with Crippen LogP contribution in [-0.2, 0) is 46.3 Å². The second-order valence-electron chi connectivity index (χ2n) is 21.8. The molecule has 0 unspecified atom stereocenters. The molecule has 1 fully saturated rings. The Bertz CT molecular complexity index is 2100. The van der Waals surface area contributed by atoms with Gasteiger partial charge in [0.15, 0.2) is 11.6 Å². The maximum absolute atomic E-state index is 15.2. The van der Waals surface area contributed by atoms with Crippen LogP contribution in [0.15, 0.2) is 60.7 Å². The van der Waals surface area contributed by atoms with Crippen LogP contribution in [-0.4, -0.2) is 135 Å². The van der Waals surface area contributed by atoms with Crippen molar-refractivity contribution in [3.8, 4) is 0 Å². The highest BCUT2D eigenvalue weighted by molar-refractivity contribution is 6.13. The lowest BCUT2D eigenvalue weighted by Crippen LogP contribution is -2.67. The lowest BCUT2D eigenvalue weighted by atomic mass is 9.78. The number of benzene rings is 2. The summed E-state index contributed by atoms with van der Waals surface area (Å²) in [4.78, 5) is 112. The Morgan fingerprint density at radius 2 is 1.17 bits per heavy atom. The number of likely N-dealkylation sites (tertiary alicyclic amines) is 1. The van der Waals surface area contributed by atoms with Crippen molar-refractivity contribution in [1.82, 2.24) is 31.1 Å². The summed E-state index contributed by atoms with van der Waals surface area (Å²) in [5.74, 6) is -6.61. The van der Waals surface area contributed by atoms with Gasteiger partial charge in [-0.3, -0.25) is 24.1 Å². The molecule has 1 saturated heterocycles.